The lowest BCUT2D eigenvalue weighted by molar-refractivity contribution is -0.0305. The van der Waals surface area contributed by atoms with Crippen LogP contribution in [-0.2, 0) is 11.2 Å². The molecule has 0 bridgehead atoms. The van der Waals surface area contributed by atoms with Gasteiger partial charge >= 0.3 is 0 Å². The number of likely N-dealkylation sites (N-methyl/N-ethyl adjacent to an activating group) is 1. The van der Waals surface area contributed by atoms with Crippen molar-refractivity contribution >= 4 is 11.3 Å². The molecule has 0 aromatic carbocycles. The molecule has 1 aromatic rings. The maximum atomic E-state index is 5.71. The van der Waals surface area contributed by atoms with Crippen LogP contribution in [0.1, 0.15) is 39.2 Å². The molecule has 2 nitrogen and oxygen atoms in total. The molecule has 1 rings (SSSR count). The average Bonchev–Trinajstić information content (AvgIpc) is 2.86. The number of nitrogens with one attached hydrogen (secondary N) is 1. The third kappa shape index (κ3) is 4.09. The highest BCUT2D eigenvalue weighted by atomic mass is 32.1. The van der Waals surface area contributed by atoms with Crippen LogP contribution in [0.15, 0.2) is 16.8 Å². The number of hydrogen-bond acceptors (Lipinski definition) is 3. The Bertz CT molecular complexity index is 293. The van der Waals surface area contributed by atoms with Gasteiger partial charge in [-0.15, -0.1) is 0 Å². The van der Waals surface area contributed by atoms with Crippen LogP contribution < -0.4 is 5.32 Å². The molecule has 1 aromatic heterocycles. The molecule has 0 fully saturated rings. The van der Waals surface area contributed by atoms with Gasteiger partial charge in [-0.2, -0.15) is 11.3 Å². The van der Waals surface area contributed by atoms with Crippen molar-refractivity contribution in [1.29, 1.82) is 0 Å². The Kier molecular flexibility index (Phi) is 6.17. The quantitative estimate of drug-likeness (QED) is 0.768. The topological polar surface area (TPSA) is 21.3 Å². The molecule has 0 saturated carbocycles. The number of aryl methyl sites for hydroxylation is 1. The second kappa shape index (κ2) is 7.14. The highest BCUT2D eigenvalue weighted by molar-refractivity contribution is 7.07. The molecule has 2 atom stereocenters. The molecule has 0 aliphatic carbocycles. The van der Waals surface area contributed by atoms with Gasteiger partial charge in [-0.1, -0.05) is 13.8 Å². The Hall–Kier alpha value is -0.380. The molecule has 1 N–H and O–H groups in total. The van der Waals surface area contributed by atoms with Gasteiger partial charge in [0.25, 0.3) is 0 Å². The predicted molar refractivity (Wildman–Crippen MR) is 75.8 cm³/mol. The number of methoxy groups -OCH3 is 1. The number of hydrogen-bond donors (Lipinski definition) is 1. The highest BCUT2D eigenvalue weighted by Crippen LogP contribution is 2.23. The van der Waals surface area contributed by atoms with Gasteiger partial charge in [0.05, 0.1) is 5.60 Å². The molecule has 1 heterocycles. The molecule has 17 heavy (non-hydrogen) atoms. The van der Waals surface area contributed by atoms with Crippen LogP contribution in [0.5, 0.6) is 0 Å². The van der Waals surface area contributed by atoms with Gasteiger partial charge in [-0.05, 0) is 55.1 Å². The lowest BCUT2D eigenvalue weighted by Gasteiger charge is -2.36. The summed E-state index contributed by atoms with van der Waals surface area (Å²) in [4.78, 5) is 0. The van der Waals surface area contributed by atoms with E-state index < -0.39 is 0 Å². The SMILES string of the molecule is CCNC(CCc1ccsc1)C(C)(CC)OC. The molecule has 0 amide bonds. The first-order valence-corrected chi connectivity index (χ1v) is 7.40. The van der Waals surface area contributed by atoms with Gasteiger partial charge in [0.1, 0.15) is 0 Å². The minimum atomic E-state index is -0.0635. The van der Waals surface area contributed by atoms with E-state index in [9.17, 15) is 0 Å². The van der Waals surface area contributed by atoms with Crippen LogP contribution in [0.3, 0.4) is 0 Å². The standard InChI is InChI=1S/C14H25NOS/c1-5-14(3,16-4)13(15-6-2)8-7-12-9-10-17-11-12/h9-11,13,15H,5-8H2,1-4H3. The van der Waals surface area contributed by atoms with E-state index in [2.05, 4.69) is 42.9 Å². The van der Waals surface area contributed by atoms with Gasteiger partial charge in [-0.3, -0.25) is 0 Å². The Morgan fingerprint density at radius 2 is 2.24 bits per heavy atom. The number of thiophene rings is 1. The summed E-state index contributed by atoms with van der Waals surface area (Å²) in [5, 5.41) is 7.95. The Morgan fingerprint density at radius 3 is 2.71 bits per heavy atom. The van der Waals surface area contributed by atoms with Gasteiger partial charge in [-0.25, -0.2) is 0 Å². The second-order valence-corrected chi connectivity index (χ2v) is 5.43. The summed E-state index contributed by atoms with van der Waals surface area (Å²) in [6.07, 6.45) is 3.29. The van der Waals surface area contributed by atoms with Crippen LogP contribution in [0.2, 0.25) is 0 Å². The maximum Gasteiger partial charge on any atom is 0.0800 e. The molecular weight excluding hydrogens is 230 g/mol. The van der Waals surface area contributed by atoms with E-state index >= 15 is 0 Å². The molecule has 2 unspecified atom stereocenters. The minimum Gasteiger partial charge on any atom is -0.377 e. The first kappa shape index (κ1) is 14.7. The summed E-state index contributed by atoms with van der Waals surface area (Å²) < 4.78 is 5.71. The van der Waals surface area contributed by atoms with E-state index in [1.165, 1.54) is 5.56 Å². The monoisotopic (exact) mass is 255 g/mol. The summed E-state index contributed by atoms with van der Waals surface area (Å²) in [5.74, 6) is 0. The Balaban J connectivity index is 2.59. The van der Waals surface area contributed by atoms with E-state index in [-0.39, 0.29) is 5.60 Å². The fourth-order valence-corrected chi connectivity index (χ4v) is 2.85. The van der Waals surface area contributed by atoms with Gasteiger partial charge in [0, 0.05) is 13.2 Å². The zero-order valence-corrected chi connectivity index (χ0v) is 12.3. The van der Waals surface area contributed by atoms with E-state index in [4.69, 9.17) is 4.74 Å². The molecule has 0 aliphatic rings. The van der Waals surface area contributed by atoms with E-state index in [1.807, 2.05) is 7.11 Å². The summed E-state index contributed by atoms with van der Waals surface area (Å²) in [7, 11) is 1.82. The first-order chi connectivity index (χ1) is 8.16. The van der Waals surface area contributed by atoms with Crippen molar-refractivity contribution < 1.29 is 4.74 Å². The zero-order chi connectivity index (χ0) is 12.7. The highest BCUT2D eigenvalue weighted by Gasteiger charge is 2.31. The summed E-state index contributed by atoms with van der Waals surface area (Å²) in [6.45, 7) is 7.54. The lowest BCUT2D eigenvalue weighted by atomic mass is 9.89. The number of rotatable bonds is 8. The van der Waals surface area contributed by atoms with Crippen LogP contribution in [0.4, 0.5) is 0 Å². The predicted octanol–water partition coefficient (Wildman–Crippen LogP) is 3.47. The molecule has 98 valence electrons. The molecule has 0 aliphatic heterocycles. The van der Waals surface area contributed by atoms with Crippen molar-refractivity contribution in [2.24, 2.45) is 0 Å². The van der Waals surface area contributed by atoms with E-state index in [0.717, 1.165) is 25.8 Å². The number of ether oxygens (including phenoxy) is 1. The zero-order valence-electron chi connectivity index (χ0n) is 11.5. The molecule has 0 saturated heterocycles. The third-order valence-electron chi connectivity index (χ3n) is 3.66. The Morgan fingerprint density at radius 1 is 1.47 bits per heavy atom. The molecule has 3 heteroatoms. The van der Waals surface area contributed by atoms with Crippen molar-refractivity contribution in [2.45, 2.75) is 51.7 Å². The van der Waals surface area contributed by atoms with Crippen molar-refractivity contribution in [2.75, 3.05) is 13.7 Å². The van der Waals surface area contributed by atoms with Crippen molar-refractivity contribution in [1.82, 2.24) is 5.32 Å². The van der Waals surface area contributed by atoms with Crippen molar-refractivity contribution in [3.63, 3.8) is 0 Å². The first-order valence-electron chi connectivity index (χ1n) is 6.45. The normalized spacial score (nSPS) is 16.7. The molecule has 0 radical (unpaired) electrons. The van der Waals surface area contributed by atoms with E-state index in [0.29, 0.717) is 6.04 Å². The van der Waals surface area contributed by atoms with Gasteiger partial charge < -0.3 is 10.1 Å². The van der Waals surface area contributed by atoms with E-state index in [1.54, 1.807) is 11.3 Å². The smallest absolute Gasteiger partial charge is 0.0800 e. The Labute approximate surface area is 109 Å². The maximum absolute atomic E-state index is 5.71. The van der Waals surface area contributed by atoms with Crippen molar-refractivity contribution in [3.05, 3.63) is 22.4 Å². The van der Waals surface area contributed by atoms with Crippen LogP contribution in [0.25, 0.3) is 0 Å². The fourth-order valence-electron chi connectivity index (χ4n) is 2.15. The summed E-state index contributed by atoms with van der Waals surface area (Å²) >= 11 is 1.77. The molecular formula is C14H25NOS. The average molecular weight is 255 g/mol. The van der Waals surface area contributed by atoms with Crippen LogP contribution in [-0.4, -0.2) is 25.3 Å². The third-order valence-corrected chi connectivity index (χ3v) is 4.39. The van der Waals surface area contributed by atoms with Gasteiger partial charge in [0.15, 0.2) is 0 Å². The fraction of sp³-hybridized carbons (Fsp3) is 0.714. The lowest BCUT2D eigenvalue weighted by Crippen LogP contribution is -2.50. The molecule has 0 spiro atoms. The summed E-state index contributed by atoms with van der Waals surface area (Å²) in [6, 6.07) is 2.63. The minimum absolute atomic E-state index is 0.0635. The van der Waals surface area contributed by atoms with Gasteiger partial charge in [0.2, 0.25) is 0 Å². The van der Waals surface area contributed by atoms with Crippen LogP contribution in [0, 0.1) is 0 Å². The summed E-state index contributed by atoms with van der Waals surface area (Å²) in [5.41, 5.74) is 1.37. The second-order valence-electron chi connectivity index (χ2n) is 4.65. The van der Waals surface area contributed by atoms with Crippen LogP contribution >= 0.6 is 11.3 Å². The van der Waals surface area contributed by atoms with Crippen molar-refractivity contribution in [3.8, 4) is 0 Å². The largest absolute Gasteiger partial charge is 0.377 e.